The molecule has 2 aliphatic heterocycles. The molecule has 2 heterocycles. The van der Waals surface area contributed by atoms with Crippen molar-refractivity contribution in [1.29, 1.82) is 0 Å². The largest absolute Gasteiger partial charge is 0.508 e. The summed E-state index contributed by atoms with van der Waals surface area (Å²) in [5.74, 6) is -6.10. The summed E-state index contributed by atoms with van der Waals surface area (Å²) in [6.07, 6.45) is -0.969. The lowest BCUT2D eigenvalue weighted by Gasteiger charge is -2.35. The van der Waals surface area contributed by atoms with Gasteiger partial charge in [-0.15, -0.1) is 0 Å². The van der Waals surface area contributed by atoms with Gasteiger partial charge in [0.05, 0.1) is 6.42 Å². The van der Waals surface area contributed by atoms with Crippen molar-refractivity contribution >= 4 is 30.1 Å². The number of rotatable bonds is 8. The fourth-order valence-electron chi connectivity index (χ4n) is 4.15. The minimum absolute atomic E-state index is 0.0626. The molecule has 4 rings (SSSR count). The number of carbonyl (C=O) groups is 3. The number of ether oxygens (including phenoxy) is 4. The molecule has 5 N–H and O–H groups in total. The summed E-state index contributed by atoms with van der Waals surface area (Å²) >= 11 is 0. The second-order valence-electron chi connectivity index (χ2n) is 9.06. The van der Waals surface area contributed by atoms with Crippen molar-refractivity contribution in [2.45, 2.75) is 43.5 Å². The Balaban J connectivity index is 1.38. The van der Waals surface area contributed by atoms with E-state index in [9.17, 15) is 39.9 Å². The van der Waals surface area contributed by atoms with Gasteiger partial charge in [0.25, 0.3) is 5.79 Å². The number of fused-ring (bicyclic) bond motifs is 2. The number of aromatic hydroxyl groups is 3. The lowest BCUT2D eigenvalue weighted by atomic mass is 9.95. The zero-order valence-electron chi connectivity index (χ0n) is 20.6. The van der Waals surface area contributed by atoms with Crippen molar-refractivity contribution in [3.63, 3.8) is 0 Å². The molecule has 5 atom stereocenters. The van der Waals surface area contributed by atoms with Crippen molar-refractivity contribution in [3.05, 3.63) is 65.2 Å². The van der Waals surface area contributed by atoms with Gasteiger partial charge in [0.2, 0.25) is 0 Å². The van der Waals surface area contributed by atoms with Crippen LogP contribution >= 0.6 is 0 Å². The van der Waals surface area contributed by atoms with Gasteiger partial charge in [0.1, 0.15) is 36.8 Å². The molecule has 2 aromatic rings. The Bertz CT molecular complexity index is 1330. The van der Waals surface area contributed by atoms with Gasteiger partial charge in [0, 0.05) is 12.2 Å². The lowest BCUT2D eigenvalue weighted by Crippen LogP contribution is -2.55. The van der Waals surface area contributed by atoms with Gasteiger partial charge in [-0.25, -0.2) is 14.4 Å². The molecule has 0 amide bonds. The molecule has 2 bridgehead atoms. The molecule has 2 aliphatic rings. The van der Waals surface area contributed by atoms with Crippen LogP contribution < -0.4 is 0 Å². The van der Waals surface area contributed by atoms with Crippen LogP contribution in [0, 0.1) is 6.92 Å². The summed E-state index contributed by atoms with van der Waals surface area (Å²) < 4.78 is 21.4. The molecule has 12 nitrogen and oxygen atoms in total. The van der Waals surface area contributed by atoms with E-state index in [1.54, 1.807) is 19.1 Å². The number of hydrogen-bond acceptors (Lipinski definition) is 11. The van der Waals surface area contributed by atoms with Crippen LogP contribution in [0.25, 0.3) is 12.2 Å². The molecule has 39 heavy (non-hydrogen) atoms. The Morgan fingerprint density at radius 1 is 0.949 bits per heavy atom. The van der Waals surface area contributed by atoms with Crippen molar-refractivity contribution in [2.75, 3.05) is 6.61 Å². The first-order chi connectivity index (χ1) is 18.5. The van der Waals surface area contributed by atoms with Crippen LogP contribution in [0.3, 0.4) is 0 Å². The number of aliphatic hydroxyl groups excluding tert-OH is 1. The summed E-state index contributed by atoms with van der Waals surface area (Å²) in [6, 6.07) is 8.70. The number of aliphatic hydroxyl groups is 1. The standard InChI is InChI=1S/C27H26O12/c1-14-2-3-15(10-18(14)29)5-8-22(31)36-13-21-25-24(33)20(12-27(38-21,39-25)26(34)35)37-23(32)9-6-16-4-7-17(28)19(30)11-16/h2-11,20-21,24-25,28-30,33H,12-13H2,1H3,(H,34,35)/b8-5+,9-6+/t20-,21-,24+,25-,27+/m0/s1. The van der Waals surface area contributed by atoms with E-state index in [2.05, 4.69) is 0 Å². The minimum Gasteiger partial charge on any atom is -0.508 e. The van der Waals surface area contributed by atoms with Gasteiger partial charge >= 0.3 is 17.9 Å². The minimum atomic E-state index is -2.23. The first-order valence-electron chi connectivity index (χ1n) is 11.8. The predicted molar refractivity (Wildman–Crippen MR) is 132 cm³/mol. The summed E-state index contributed by atoms with van der Waals surface area (Å²) in [4.78, 5) is 36.5. The van der Waals surface area contributed by atoms with E-state index in [0.717, 1.165) is 12.2 Å². The number of esters is 2. The summed E-state index contributed by atoms with van der Waals surface area (Å²) in [7, 11) is 0. The highest BCUT2D eigenvalue weighted by molar-refractivity contribution is 5.88. The average Bonchev–Trinajstić information content (AvgIpc) is 3.22. The number of hydrogen-bond donors (Lipinski definition) is 5. The molecule has 0 unspecified atom stereocenters. The fourth-order valence-corrected chi connectivity index (χ4v) is 4.15. The quantitative estimate of drug-likeness (QED) is 0.184. The Hall–Kier alpha value is -4.39. The molecular weight excluding hydrogens is 516 g/mol. The number of aliphatic carboxylic acids is 1. The Labute approximate surface area is 221 Å². The summed E-state index contributed by atoms with van der Waals surface area (Å²) in [5.41, 5.74) is 1.59. The normalized spacial score (nSPS) is 26.1. The number of carboxylic acid groups (broad SMARTS) is 1. The Morgan fingerprint density at radius 2 is 1.59 bits per heavy atom. The maximum Gasteiger partial charge on any atom is 0.364 e. The third-order valence-electron chi connectivity index (χ3n) is 6.26. The second-order valence-corrected chi connectivity index (χ2v) is 9.06. The lowest BCUT2D eigenvalue weighted by molar-refractivity contribution is -0.247. The van der Waals surface area contributed by atoms with Crippen LogP contribution in [0.4, 0.5) is 0 Å². The van der Waals surface area contributed by atoms with Crippen molar-refractivity contribution in [3.8, 4) is 17.2 Å². The number of benzene rings is 2. The summed E-state index contributed by atoms with van der Waals surface area (Å²) in [6.45, 7) is 1.27. The molecule has 0 spiro atoms. The molecule has 2 aromatic carbocycles. The SMILES string of the molecule is Cc1ccc(/C=C/C(=O)OC[C@@H]2O[C@]3(C(=O)O)C[C@H](OC(=O)/C=C/c4ccc(O)c(O)c4)[C@@H](O)[C@H]2O3)cc1O. The number of phenols is 3. The number of carbonyl (C=O) groups excluding carboxylic acids is 2. The highest BCUT2D eigenvalue weighted by Crippen LogP contribution is 2.42. The number of phenolic OH excluding ortho intramolecular Hbond substituents is 3. The zero-order valence-corrected chi connectivity index (χ0v) is 20.6. The van der Waals surface area contributed by atoms with E-state index < -0.39 is 61.1 Å². The average molecular weight is 542 g/mol. The molecule has 206 valence electrons. The Morgan fingerprint density at radius 3 is 2.23 bits per heavy atom. The second kappa shape index (κ2) is 11.2. The van der Waals surface area contributed by atoms with Gasteiger partial charge in [-0.3, -0.25) is 0 Å². The molecule has 0 saturated carbocycles. The molecule has 2 fully saturated rings. The van der Waals surface area contributed by atoms with Gasteiger partial charge < -0.3 is 44.5 Å². The van der Waals surface area contributed by atoms with E-state index in [0.29, 0.717) is 16.7 Å². The first kappa shape index (κ1) is 27.6. The van der Waals surface area contributed by atoms with E-state index in [1.807, 2.05) is 0 Å². The Kier molecular flexibility index (Phi) is 7.90. The van der Waals surface area contributed by atoms with E-state index in [4.69, 9.17) is 18.9 Å². The third-order valence-corrected chi connectivity index (χ3v) is 6.26. The van der Waals surface area contributed by atoms with Crippen molar-refractivity contribution in [2.24, 2.45) is 0 Å². The van der Waals surface area contributed by atoms with Gasteiger partial charge in [-0.2, -0.15) is 0 Å². The van der Waals surface area contributed by atoms with Crippen molar-refractivity contribution < 1.29 is 58.9 Å². The van der Waals surface area contributed by atoms with Gasteiger partial charge in [-0.05, 0) is 54.0 Å². The van der Waals surface area contributed by atoms with Crippen LogP contribution in [0.1, 0.15) is 23.1 Å². The molecule has 2 saturated heterocycles. The van der Waals surface area contributed by atoms with Gasteiger partial charge in [-0.1, -0.05) is 18.2 Å². The maximum absolute atomic E-state index is 12.4. The van der Waals surface area contributed by atoms with E-state index >= 15 is 0 Å². The molecule has 0 aromatic heterocycles. The molecule has 12 heteroatoms. The zero-order chi connectivity index (χ0) is 28.3. The van der Waals surface area contributed by atoms with E-state index in [-0.39, 0.29) is 17.2 Å². The maximum atomic E-state index is 12.4. The van der Waals surface area contributed by atoms with Gasteiger partial charge in [0.15, 0.2) is 11.5 Å². The fraction of sp³-hybridized carbons (Fsp3) is 0.296. The summed E-state index contributed by atoms with van der Waals surface area (Å²) in [5, 5.41) is 49.2. The van der Waals surface area contributed by atoms with Crippen LogP contribution in [-0.2, 0) is 33.3 Å². The topological polar surface area (TPSA) is 189 Å². The number of aryl methyl sites for hydroxylation is 1. The molecule has 0 radical (unpaired) electrons. The first-order valence-corrected chi connectivity index (χ1v) is 11.8. The van der Waals surface area contributed by atoms with E-state index in [1.165, 1.54) is 36.4 Å². The monoisotopic (exact) mass is 542 g/mol. The predicted octanol–water partition coefficient (Wildman–Crippen LogP) is 1.62. The highest BCUT2D eigenvalue weighted by atomic mass is 16.8. The van der Waals surface area contributed by atoms with Crippen LogP contribution in [0.15, 0.2) is 48.6 Å². The van der Waals surface area contributed by atoms with Crippen LogP contribution in [0.5, 0.6) is 17.2 Å². The van der Waals surface area contributed by atoms with Crippen LogP contribution in [-0.4, -0.2) is 80.3 Å². The number of carboxylic acids is 1. The molecule has 0 aliphatic carbocycles. The molecular formula is C27H26O12. The smallest absolute Gasteiger partial charge is 0.364 e. The third kappa shape index (κ3) is 6.20. The van der Waals surface area contributed by atoms with Crippen molar-refractivity contribution in [1.82, 2.24) is 0 Å². The highest BCUT2D eigenvalue weighted by Gasteiger charge is 2.63. The van der Waals surface area contributed by atoms with Crippen LogP contribution in [0.2, 0.25) is 0 Å².